The van der Waals surface area contributed by atoms with Crippen molar-refractivity contribution < 1.29 is 34.4 Å². The Morgan fingerprint density at radius 1 is 1.00 bits per heavy atom. The Morgan fingerprint density at radius 2 is 1.58 bits per heavy atom. The molecule has 1 fully saturated rings. The van der Waals surface area contributed by atoms with Crippen LogP contribution in [0.1, 0.15) is 38.2 Å². The molecular formula is C27H32ClNO7. The smallest absolute Gasteiger partial charge is 0.328 e. The molecule has 0 aliphatic carbocycles. The number of halogens is 1. The van der Waals surface area contributed by atoms with Gasteiger partial charge in [0.25, 0.3) is 0 Å². The summed E-state index contributed by atoms with van der Waals surface area (Å²) in [6.45, 7) is 4.14. The van der Waals surface area contributed by atoms with Crippen molar-refractivity contribution in [2.45, 2.75) is 51.4 Å². The zero-order valence-corrected chi connectivity index (χ0v) is 20.9. The van der Waals surface area contributed by atoms with Gasteiger partial charge in [-0.2, -0.15) is 0 Å². The lowest BCUT2D eigenvalue weighted by molar-refractivity contribution is -0.145. The molecule has 1 saturated heterocycles. The fourth-order valence-electron chi connectivity index (χ4n) is 4.00. The second-order valence-corrected chi connectivity index (χ2v) is 8.80. The number of likely N-dealkylation sites (tertiary alicyclic amines) is 1. The quantitative estimate of drug-likeness (QED) is 0.378. The number of carboxylic acids is 3. The highest BCUT2D eigenvalue weighted by molar-refractivity contribution is 6.30. The largest absolute Gasteiger partial charge is 0.480 e. The molecule has 3 rings (SSSR count). The summed E-state index contributed by atoms with van der Waals surface area (Å²) in [5, 5.41) is 25.8. The zero-order chi connectivity index (χ0) is 26.5. The number of hydrogen-bond acceptors (Lipinski definition) is 5. The van der Waals surface area contributed by atoms with Crippen molar-refractivity contribution in [2.75, 3.05) is 13.1 Å². The Labute approximate surface area is 215 Å². The number of rotatable bonds is 10. The van der Waals surface area contributed by atoms with Crippen molar-refractivity contribution in [3.8, 4) is 11.1 Å². The average Bonchev–Trinajstić information content (AvgIpc) is 2.86. The lowest BCUT2D eigenvalue weighted by Gasteiger charge is -2.35. The minimum atomic E-state index is -1.26. The lowest BCUT2D eigenvalue weighted by Crippen LogP contribution is -2.47. The van der Waals surface area contributed by atoms with Gasteiger partial charge in [-0.15, -0.1) is 0 Å². The summed E-state index contributed by atoms with van der Waals surface area (Å²) in [5.74, 6) is -3.22. The minimum Gasteiger partial charge on any atom is -0.480 e. The van der Waals surface area contributed by atoms with E-state index in [-0.39, 0.29) is 12.1 Å². The molecule has 0 amide bonds. The number of nitrogens with zero attached hydrogens (tertiary/aromatic N) is 1. The van der Waals surface area contributed by atoms with Crippen LogP contribution in [0.25, 0.3) is 11.1 Å². The van der Waals surface area contributed by atoms with Crippen LogP contribution in [0.4, 0.5) is 0 Å². The van der Waals surface area contributed by atoms with E-state index in [1.807, 2.05) is 43.3 Å². The summed E-state index contributed by atoms with van der Waals surface area (Å²) < 4.78 is 6.20. The molecule has 1 heterocycles. The first-order valence-corrected chi connectivity index (χ1v) is 12.1. The Hall–Kier alpha value is -3.20. The second kappa shape index (κ2) is 15.0. The molecule has 9 heteroatoms. The number of piperidine rings is 1. The molecule has 1 unspecified atom stereocenters. The highest BCUT2D eigenvalue weighted by atomic mass is 35.5. The van der Waals surface area contributed by atoms with Gasteiger partial charge >= 0.3 is 17.9 Å². The van der Waals surface area contributed by atoms with E-state index in [9.17, 15) is 19.5 Å². The molecule has 2 aromatic rings. The van der Waals surface area contributed by atoms with Crippen molar-refractivity contribution in [3.63, 3.8) is 0 Å². The molecule has 0 aromatic heterocycles. The van der Waals surface area contributed by atoms with Gasteiger partial charge in [0, 0.05) is 30.3 Å². The second-order valence-electron chi connectivity index (χ2n) is 8.36. The van der Waals surface area contributed by atoms with Crippen molar-refractivity contribution in [1.29, 1.82) is 0 Å². The zero-order valence-electron chi connectivity index (χ0n) is 20.2. The lowest BCUT2D eigenvalue weighted by atomic mass is 10.00. The third kappa shape index (κ3) is 9.81. The number of aliphatic carboxylic acids is 3. The van der Waals surface area contributed by atoms with E-state index in [0.29, 0.717) is 25.2 Å². The van der Waals surface area contributed by atoms with Crippen LogP contribution in [-0.4, -0.2) is 63.4 Å². The number of carboxylic acid groups (broad SMARTS) is 3. The molecule has 8 nitrogen and oxygen atoms in total. The van der Waals surface area contributed by atoms with Gasteiger partial charge in [0.15, 0.2) is 0 Å². The van der Waals surface area contributed by atoms with Crippen molar-refractivity contribution in [2.24, 2.45) is 0 Å². The monoisotopic (exact) mass is 517 g/mol. The molecule has 3 N–H and O–H groups in total. The van der Waals surface area contributed by atoms with Crippen molar-refractivity contribution >= 4 is 29.5 Å². The fourth-order valence-corrected chi connectivity index (χ4v) is 4.12. The van der Waals surface area contributed by atoms with Crippen LogP contribution < -0.4 is 0 Å². The molecule has 0 spiro atoms. The minimum absolute atomic E-state index is 0.172. The number of carbonyl (C=O) groups is 3. The van der Waals surface area contributed by atoms with Crippen molar-refractivity contribution in [3.05, 3.63) is 71.3 Å². The molecular weight excluding hydrogens is 486 g/mol. The van der Waals surface area contributed by atoms with Crippen LogP contribution in [0.2, 0.25) is 5.02 Å². The van der Waals surface area contributed by atoms with Gasteiger partial charge in [0.2, 0.25) is 0 Å². The number of benzene rings is 2. The molecule has 1 aliphatic rings. The molecule has 0 radical (unpaired) electrons. The van der Waals surface area contributed by atoms with Crippen LogP contribution in [-0.2, 0) is 25.7 Å². The fraction of sp³-hybridized carbons (Fsp3) is 0.370. The molecule has 1 atom stereocenters. The van der Waals surface area contributed by atoms with Gasteiger partial charge in [0.05, 0.1) is 12.7 Å². The van der Waals surface area contributed by atoms with E-state index in [4.69, 9.17) is 26.6 Å². The van der Waals surface area contributed by atoms with Gasteiger partial charge < -0.3 is 20.1 Å². The molecule has 194 valence electrons. The number of ether oxygens (including phenoxy) is 1. The Morgan fingerprint density at radius 3 is 2.11 bits per heavy atom. The van der Waals surface area contributed by atoms with E-state index in [0.717, 1.165) is 54.1 Å². The third-order valence-electron chi connectivity index (χ3n) is 5.78. The van der Waals surface area contributed by atoms with Crippen LogP contribution in [0, 0.1) is 0 Å². The standard InChI is InChI=1S/C23H28ClNO3.C4H4O4/c1-2-5-22(23(26)27)25-14-12-20(13-15-25)28-16-18-6-3-4-7-21(18)17-8-10-19(24)11-9-17;5-3(6)1-2-4(7)8/h3-4,6-11,20,22H,2,5,12-16H2,1H3,(H,26,27);1-2H,(H,5,6)(H,7,8). The van der Waals surface area contributed by atoms with Crippen LogP contribution in [0.15, 0.2) is 60.7 Å². The highest BCUT2D eigenvalue weighted by Crippen LogP contribution is 2.27. The Kier molecular flexibility index (Phi) is 12.1. The predicted octanol–water partition coefficient (Wildman–Crippen LogP) is 4.95. The normalized spacial score (nSPS) is 15.2. The van der Waals surface area contributed by atoms with Gasteiger partial charge in [-0.1, -0.05) is 61.3 Å². The molecule has 0 saturated carbocycles. The first kappa shape index (κ1) is 29.0. The van der Waals surface area contributed by atoms with Gasteiger partial charge in [0.1, 0.15) is 6.04 Å². The van der Waals surface area contributed by atoms with Crippen LogP contribution in [0.5, 0.6) is 0 Å². The summed E-state index contributed by atoms with van der Waals surface area (Å²) in [5.41, 5.74) is 3.44. The Balaban J connectivity index is 0.000000493. The van der Waals surface area contributed by atoms with E-state index in [1.165, 1.54) is 0 Å². The van der Waals surface area contributed by atoms with E-state index in [2.05, 4.69) is 17.0 Å². The predicted molar refractivity (Wildman–Crippen MR) is 137 cm³/mol. The third-order valence-corrected chi connectivity index (χ3v) is 6.03. The molecule has 1 aliphatic heterocycles. The molecule has 2 aromatic carbocycles. The summed E-state index contributed by atoms with van der Waals surface area (Å²) in [7, 11) is 0. The topological polar surface area (TPSA) is 124 Å². The molecule has 0 bridgehead atoms. The first-order chi connectivity index (χ1) is 17.2. The average molecular weight is 518 g/mol. The van der Waals surface area contributed by atoms with Gasteiger partial charge in [-0.25, -0.2) is 9.59 Å². The van der Waals surface area contributed by atoms with Gasteiger partial charge in [-0.05, 0) is 48.1 Å². The first-order valence-electron chi connectivity index (χ1n) is 11.8. The summed E-state index contributed by atoms with van der Waals surface area (Å²) >= 11 is 6.01. The maximum absolute atomic E-state index is 11.5. The van der Waals surface area contributed by atoms with E-state index >= 15 is 0 Å². The highest BCUT2D eigenvalue weighted by Gasteiger charge is 2.29. The van der Waals surface area contributed by atoms with Crippen LogP contribution >= 0.6 is 11.6 Å². The maximum atomic E-state index is 11.5. The van der Waals surface area contributed by atoms with Crippen molar-refractivity contribution in [1.82, 2.24) is 4.90 Å². The summed E-state index contributed by atoms with van der Waals surface area (Å²) in [4.78, 5) is 32.7. The van der Waals surface area contributed by atoms with E-state index < -0.39 is 17.9 Å². The van der Waals surface area contributed by atoms with Crippen LogP contribution in [0.3, 0.4) is 0 Å². The summed E-state index contributed by atoms with van der Waals surface area (Å²) in [6, 6.07) is 15.8. The Bertz CT molecular complexity index is 1010. The SMILES string of the molecule is CCCC(C(=O)O)N1CCC(OCc2ccccc2-c2ccc(Cl)cc2)CC1.O=C(O)C=CC(=O)O. The maximum Gasteiger partial charge on any atom is 0.328 e. The number of hydrogen-bond donors (Lipinski definition) is 3. The summed E-state index contributed by atoms with van der Waals surface area (Å²) in [6.07, 6.45) is 4.62. The van der Waals surface area contributed by atoms with Gasteiger partial charge in [-0.3, -0.25) is 9.69 Å². The molecule has 36 heavy (non-hydrogen) atoms. The van der Waals surface area contributed by atoms with E-state index in [1.54, 1.807) is 0 Å².